The Labute approximate surface area is 133 Å². The average molecular weight is 438 g/mol. The fraction of sp³-hybridized carbons (Fsp3) is 0. The maximum atomic E-state index is 8.94. The van der Waals surface area contributed by atoms with Crippen LogP contribution in [-0.2, 0) is 7.48 Å². The Balaban J connectivity index is 0.000000372. The molecule has 0 aliphatic carbocycles. The van der Waals surface area contributed by atoms with Gasteiger partial charge < -0.3 is 0 Å². The molecule has 0 fully saturated rings. The van der Waals surface area contributed by atoms with E-state index >= 15 is 0 Å². The summed E-state index contributed by atoms with van der Waals surface area (Å²) in [6.07, 6.45) is 0. The van der Waals surface area contributed by atoms with Crippen LogP contribution in [-0.4, -0.2) is 53.6 Å². The summed E-state index contributed by atoms with van der Waals surface area (Å²) in [5.41, 5.74) is 2.55. The van der Waals surface area contributed by atoms with Gasteiger partial charge in [-0.05, 0) is 11.1 Å². The summed E-state index contributed by atoms with van der Waals surface area (Å²) in [4.78, 5) is 0. The molecule has 0 radical (unpaired) electrons. The minimum absolute atomic E-state index is 1.28. The molecule has 0 bridgehead atoms. The van der Waals surface area contributed by atoms with Crippen molar-refractivity contribution >= 4 is 29.0 Å². The Morgan fingerprint density at radius 1 is 0.500 bits per heavy atom. The van der Waals surface area contributed by atoms with Gasteiger partial charge in [-0.15, -0.1) is 0 Å². The van der Waals surface area contributed by atoms with Crippen molar-refractivity contribution in [1.29, 1.82) is 0 Å². The van der Waals surface area contributed by atoms with E-state index in [-0.39, 0.29) is 0 Å². The molecule has 0 unspecified atom stereocenters. The number of hydrogen-bond acceptors (Lipinski definition) is 2. The Bertz CT molecular complexity index is 546. The molecule has 0 aliphatic rings. The summed E-state index contributed by atoms with van der Waals surface area (Å²) in [5.74, 6) is 0. The van der Waals surface area contributed by atoms with Gasteiger partial charge in [-0.2, -0.15) is 0 Å². The maximum Gasteiger partial charge on any atom is -0.0184 e. The maximum absolute atomic E-state index is 8.94. The van der Waals surface area contributed by atoms with Crippen LogP contribution >= 0.6 is 0 Å². The fourth-order valence-electron chi connectivity index (χ4n) is 1.26. The van der Waals surface area contributed by atoms with E-state index < -0.39 is 29.0 Å². The molecule has 2 aromatic carbocycles. The van der Waals surface area contributed by atoms with Crippen LogP contribution in [0.3, 0.4) is 0 Å². The molecule has 0 spiro atoms. The fourth-order valence-corrected chi connectivity index (χ4v) is 1.26. The molecule has 0 aliphatic heterocycles. The van der Waals surface area contributed by atoms with Gasteiger partial charge in [0.25, 0.3) is 0 Å². The molecular formula is C12H16As2O8. The third-order valence-electron chi connectivity index (χ3n) is 1.88. The first-order valence-corrected chi connectivity index (χ1v) is 12.2. The van der Waals surface area contributed by atoms with E-state index in [0.717, 1.165) is 0 Å². The van der Waals surface area contributed by atoms with Crippen LogP contribution in [0.5, 0.6) is 0 Å². The predicted octanol–water partition coefficient (Wildman–Crippen LogP) is -0.988. The first-order valence-electron chi connectivity index (χ1n) is 5.64. The molecule has 0 amide bonds. The largest absolute Gasteiger partial charge is 0.0622 e. The van der Waals surface area contributed by atoms with Crippen molar-refractivity contribution in [2.24, 2.45) is 0 Å². The van der Waals surface area contributed by atoms with Crippen molar-refractivity contribution in [3.63, 3.8) is 0 Å². The van der Waals surface area contributed by atoms with E-state index in [1.165, 1.54) is 11.1 Å². The molecule has 2 aromatic rings. The Morgan fingerprint density at radius 2 is 0.682 bits per heavy atom. The zero-order valence-corrected chi connectivity index (χ0v) is 14.9. The second-order valence-electron chi connectivity index (χ2n) is 3.76. The summed E-state index contributed by atoms with van der Waals surface area (Å²) in [6.45, 7) is 0. The zero-order chi connectivity index (χ0) is 17.2. The number of hydrogen-bond donors (Lipinski definition) is 6. The first kappa shape index (κ1) is 20.9. The third-order valence-corrected chi connectivity index (χ3v) is 1.88. The van der Waals surface area contributed by atoms with Gasteiger partial charge in [0, 0.05) is 0 Å². The van der Waals surface area contributed by atoms with E-state index in [1.807, 2.05) is 12.1 Å². The molecule has 6 N–H and O–H groups in total. The van der Waals surface area contributed by atoms with Gasteiger partial charge >= 0.3 is 61.1 Å². The Kier molecular flexibility index (Phi) is 9.35. The van der Waals surface area contributed by atoms with Crippen molar-refractivity contribution in [3.8, 4) is 11.1 Å². The van der Waals surface area contributed by atoms with Crippen molar-refractivity contribution in [1.82, 2.24) is 0 Å². The predicted molar refractivity (Wildman–Crippen MR) is 78.1 cm³/mol. The standard InChI is InChI=1S/C12H10.2AsH3O4/c1-3-7-11(8-4-1)12-9-5-2-6-10-12;2*2-1(3,4)5/h1-10H;2*(H3,2,3,4,5). The molecule has 122 valence electrons. The first-order chi connectivity index (χ1) is 9.97. The molecule has 0 aromatic heterocycles. The number of rotatable bonds is 1. The third kappa shape index (κ3) is 17.0. The Hall–Kier alpha value is -1.08. The van der Waals surface area contributed by atoms with Crippen molar-refractivity contribution in [2.45, 2.75) is 0 Å². The SMILES string of the molecule is O=[As](O)(O)O.O=[As](O)(O)O.c1ccc(-c2ccccc2)cc1. The molecule has 0 atom stereocenters. The van der Waals surface area contributed by atoms with Gasteiger partial charge in [-0.25, -0.2) is 0 Å². The summed E-state index contributed by atoms with van der Waals surface area (Å²) < 4.78 is 61.4. The number of benzene rings is 2. The van der Waals surface area contributed by atoms with Crippen LogP contribution in [0.15, 0.2) is 60.7 Å². The van der Waals surface area contributed by atoms with Gasteiger partial charge in [0.05, 0.1) is 0 Å². The molecule has 10 heteroatoms. The topological polar surface area (TPSA) is 156 Å². The van der Waals surface area contributed by atoms with Crippen molar-refractivity contribution in [3.05, 3.63) is 60.7 Å². The van der Waals surface area contributed by atoms with Gasteiger partial charge in [0.15, 0.2) is 0 Å². The Morgan fingerprint density at radius 3 is 0.864 bits per heavy atom. The van der Waals surface area contributed by atoms with E-state index in [2.05, 4.69) is 48.5 Å². The monoisotopic (exact) mass is 438 g/mol. The normalized spacial score (nSPS) is 10.6. The van der Waals surface area contributed by atoms with E-state index in [9.17, 15) is 0 Å². The van der Waals surface area contributed by atoms with Crippen molar-refractivity contribution in [2.75, 3.05) is 0 Å². The molecule has 0 saturated carbocycles. The minimum atomic E-state index is -5.12. The van der Waals surface area contributed by atoms with Crippen LogP contribution in [0.25, 0.3) is 11.1 Å². The van der Waals surface area contributed by atoms with Crippen LogP contribution in [0.1, 0.15) is 0 Å². The second-order valence-corrected chi connectivity index (χ2v) is 8.07. The van der Waals surface area contributed by atoms with Gasteiger partial charge in [-0.3, -0.25) is 0 Å². The van der Waals surface area contributed by atoms with Crippen molar-refractivity contribution < 1.29 is 32.1 Å². The second kappa shape index (κ2) is 9.84. The summed E-state index contributed by atoms with van der Waals surface area (Å²) in [5, 5.41) is 0. The molecule has 8 nitrogen and oxygen atoms in total. The van der Waals surface area contributed by atoms with Crippen LogP contribution < -0.4 is 0 Å². The van der Waals surface area contributed by atoms with E-state index in [1.54, 1.807) is 0 Å². The summed E-state index contributed by atoms with van der Waals surface area (Å²) >= 11 is -10.2. The quantitative estimate of drug-likeness (QED) is 0.310. The zero-order valence-electron chi connectivity index (χ0n) is 11.2. The average Bonchev–Trinajstić information content (AvgIpc) is 2.37. The van der Waals surface area contributed by atoms with Gasteiger partial charge in [0.1, 0.15) is 0 Å². The van der Waals surface area contributed by atoms with Crippen LogP contribution in [0.2, 0.25) is 0 Å². The molecule has 0 heterocycles. The van der Waals surface area contributed by atoms with Crippen LogP contribution in [0.4, 0.5) is 0 Å². The summed E-state index contributed by atoms with van der Waals surface area (Å²) in [7, 11) is 0. The van der Waals surface area contributed by atoms with E-state index in [4.69, 9.17) is 32.1 Å². The summed E-state index contributed by atoms with van der Waals surface area (Å²) in [6, 6.07) is 20.8. The van der Waals surface area contributed by atoms with E-state index in [0.29, 0.717) is 0 Å². The van der Waals surface area contributed by atoms with Gasteiger partial charge in [0.2, 0.25) is 0 Å². The molecular weight excluding hydrogens is 422 g/mol. The molecule has 2 rings (SSSR count). The molecule has 0 saturated heterocycles. The minimum Gasteiger partial charge on any atom is -0.0622 e. The smallest absolute Gasteiger partial charge is 0.0184 e. The van der Waals surface area contributed by atoms with Crippen LogP contribution in [0, 0.1) is 0 Å². The van der Waals surface area contributed by atoms with Gasteiger partial charge in [-0.1, -0.05) is 60.7 Å². The molecule has 22 heavy (non-hydrogen) atoms.